The standard InChI is InChI=1S/C41H38ClF2N3O4.ClH/c1-29-24-32(25-37(42)41(29)51-39-16-15-36(26-45-39)50-28-33-4-2-3-5-38(33)44)10-17-40(48)47-21-19-46(20-22-47)27-31-8-6-30(7-9-31)18-23-49-35-13-11-34(43)12-14-35;/h2-17,24-26H,18-23,27-28H2,1H3;1H/b17-10+;. The van der Waals surface area contributed by atoms with Crippen molar-refractivity contribution in [1.29, 1.82) is 0 Å². The number of hydrogen-bond acceptors (Lipinski definition) is 6. The highest BCUT2D eigenvalue weighted by Crippen LogP contribution is 2.34. The van der Waals surface area contributed by atoms with E-state index in [1.165, 1.54) is 35.5 Å². The summed E-state index contributed by atoms with van der Waals surface area (Å²) in [5.41, 5.74) is 4.42. The van der Waals surface area contributed by atoms with Gasteiger partial charge in [0.1, 0.15) is 29.7 Å². The van der Waals surface area contributed by atoms with Gasteiger partial charge in [0.05, 0.1) is 17.8 Å². The zero-order valence-corrected chi connectivity index (χ0v) is 30.2. The van der Waals surface area contributed by atoms with E-state index >= 15 is 0 Å². The molecule has 5 aromatic rings. The maximum absolute atomic E-state index is 13.9. The van der Waals surface area contributed by atoms with Crippen molar-refractivity contribution >= 4 is 36.0 Å². The highest BCUT2D eigenvalue weighted by atomic mass is 35.5. The quantitative estimate of drug-likeness (QED) is 0.112. The van der Waals surface area contributed by atoms with Crippen LogP contribution >= 0.6 is 24.0 Å². The fourth-order valence-electron chi connectivity index (χ4n) is 5.66. The van der Waals surface area contributed by atoms with Crippen molar-refractivity contribution < 1.29 is 27.8 Å². The highest BCUT2D eigenvalue weighted by Gasteiger charge is 2.20. The van der Waals surface area contributed by atoms with Gasteiger partial charge in [0.15, 0.2) is 5.75 Å². The Labute approximate surface area is 313 Å². The lowest BCUT2D eigenvalue weighted by Gasteiger charge is -2.34. The fourth-order valence-corrected chi connectivity index (χ4v) is 5.98. The van der Waals surface area contributed by atoms with Crippen LogP contribution in [0.1, 0.15) is 27.8 Å². The van der Waals surface area contributed by atoms with Gasteiger partial charge >= 0.3 is 0 Å². The number of carbonyl (C=O) groups is 1. The van der Waals surface area contributed by atoms with Crippen LogP contribution in [0.25, 0.3) is 6.08 Å². The van der Waals surface area contributed by atoms with Crippen LogP contribution in [-0.4, -0.2) is 53.5 Å². The maximum Gasteiger partial charge on any atom is 0.246 e. The summed E-state index contributed by atoms with van der Waals surface area (Å²) in [5.74, 6) is 1.29. The zero-order chi connectivity index (χ0) is 35.6. The van der Waals surface area contributed by atoms with Crippen molar-refractivity contribution in [3.63, 3.8) is 0 Å². The molecule has 1 aliphatic heterocycles. The molecule has 0 atom stereocenters. The average molecular weight is 747 g/mol. The van der Waals surface area contributed by atoms with E-state index in [0.717, 1.165) is 37.2 Å². The number of benzene rings is 4. The number of nitrogens with zero attached hydrogens (tertiary/aromatic N) is 3. The van der Waals surface area contributed by atoms with Gasteiger partial charge in [0.25, 0.3) is 0 Å². The molecule has 270 valence electrons. The molecule has 6 rings (SSSR count). The number of halogens is 4. The van der Waals surface area contributed by atoms with E-state index in [1.807, 2.05) is 17.9 Å². The second kappa shape index (κ2) is 18.5. The zero-order valence-electron chi connectivity index (χ0n) is 28.6. The molecule has 2 heterocycles. The van der Waals surface area contributed by atoms with Crippen molar-refractivity contribution in [2.75, 3.05) is 32.8 Å². The van der Waals surface area contributed by atoms with Crippen molar-refractivity contribution in [1.82, 2.24) is 14.8 Å². The lowest BCUT2D eigenvalue weighted by molar-refractivity contribution is -0.127. The number of amides is 1. The molecule has 0 N–H and O–H groups in total. The first kappa shape index (κ1) is 38.3. The fraction of sp³-hybridized carbons (Fsp3) is 0.220. The summed E-state index contributed by atoms with van der Waals surface area (Å²) < 4.78 is 44.2. The van der Waals surface area contributed by atoms with Crippen molar-refractivity contribution in [2.45, 2.75) is 26.5 Å². The van der Waals surface area contributed by atoms with Crippen LogP contribution in [-0.2, 0) is 24.4 Å². The number of pyridine rings is 1. The van der Waals surface area contributed by atoms with E-state index in [2.05, 4.69) is 34.1 Å². The van der Waals surface area contributed by atoms with Crippen LogP contribution in [0, 0.1) is 18.6 Å². The molecule has 1 saturated heterocycles. The van der Waals surface area contributed by atoms with Gasteiger partial charge in [-0.3, -0.25) is 9.69 Å². The minimum atomic E-state index is -0.323. The molecule has 0 aliphatic carbocycles. The largest absolute Gasteiger partial charge is 0.493 e. The summed E-state index contributed by atoms with van der Waals surface area (Å²) >= 11 is 6.59. The highest BCUT2D eigenvalue weighted by molar-refractivity contribution is 6.32. The van der Waals surface area contributed by atoms with Gasteiger partial charge in [-0.15, -0.1) is 12.4 Å². The maximum atomic E-state index is 13.9. The molecule has 1 amide bonds. The van der Waals surface area contributed by atoms with Crippen LogP contribution < -0.4 is 14.2 Å². The smallest absolute Gasteiger partial charge is 0.246 e. The third kappa shape index (κ3) is 10.8. The predicted octanol–water partition coefficient (Wildman–Crippen LogP) is 9.09. The van der Waals surface area contributed by atoms with Crippen LogP contribution in [0.15, 0.2) is 109 Å². The summed E-state index contributed by atoms with van der Waals surface area (Å²) in [6, 6.07) is 28.0. The Morgan fingerprint density at radius 1 is 0.865 bits per heavy atom. The topological polar surface area (TPSA) is 64.1 Å². The minimum Gasteiger partial charge on any atom is -0.493 e. The minimum absolute atomic E-state index is 0. The van der Waals surface area contributed by atoms with Crippen molar-refractivity contribution in [3.8, 4) is 23.1 Å². The molecule has 0 radical (unpaired) electrons. The Balaban J connectivity index is 0.00000523. The molecular weight excluding hydrogens is 707 g/mol. The molecule has 52 heavy (non-hydrogen) atoms. The van der Waals surface area contributed by atoms with Gasteiger partial charge in [0, 0.05) is 56.9 Å². The Morgan fingerprint density at radius 2 is 1.58 bits per heavy atom. The Morgan fingerprint density at radius 3 is 2.27 bits per heavy atom. The Kier molecular flexibility index (Phi) is 13.6. The first-order chi connectivity index (χ1) is 24.8. The van der Waals surface area contributed by atoms with E-state index < -0.39 is 0 Å². The normalized spacial score (nSPS) is 13.1. The molecular formula is C41H39Cl2F2N3O4. The van der Waals surface area contributed by atoms with E-state index in [-0.39, 0.29) is 36.6 Å². The van der Waals surface area contributed by atoms with Gasteiger partial charge in [-0.1, -0.05) is 54.1 Å². The number of aryl methyl sites for hydroxylation is 1. The van der Waals surface area contributed by atoms with Crippen LogP contribution in [0.4, 0.5) is 8.78 Å². The van der Waals surface area contributed by atoms with Crippen LogP contribution in [0.2, 0.25) is 5.02 Å². The average Bonchev–Trinajstić information content (AvgIpc) is 3.14. The molecule has 7 nitrogen and oxygen atoms in total. The first-order valence-electron chi connectivity index (χ1n) is 16.7. The Bertz CT molecular complexity index is 1930. The lowest BCUT2D eigenvalue weighted by Crippen LogP contribution is -2.47. The molecule has 0 bridgehead atoms. The second-order valence-corrected chi connectivity index (χ2v) is 12.7. The van der Waals surface area contributed by atoms with E-state index in [1.54, 1.807) is 60.7 Å². The summed E-state index contributed by atoms with van der Waals surface area (Å²) in [6.45, 7) is 6.18. The molecule has 0 saturated carbocycles. The monoisotopic (exact) mass is 745 g/mol. The van der Waals surface area contributed by atoms with Crippen LogP contribution in [0.5, 0.6) is 23.1 Å². The van der Waals surface area contributed by atoms with E-state index in [0.29, 0.717) is 53.4 Å². The van der Waals surface area contributed by atoms with Gasteiger partial charge < -0.3 is 19.1 Å². The molecule has 11 heteroatoms. The van der Waals surface area contributed by atoms with Gasteiger partial charge in [-0.2, -0.15) is 0 Å². The number of ether oxygens (including phenoxy) is 3. The third-order valence-corrected chi connectivity index (χ3v) is 8.80. The predicted molar refractivity (Wildman–Crippen MR) is 201 cm³/mol. The lowest BCUT2D eigenvalue weighted by atomic mass is 10.1. The number of hydrogen-bond donors (Lipinski definition) is 0. The van der Waals surface area contributed by atoms with E-state index in [9.17, 15) is 13.6 Å². The molecule has 1 aliphatic rings. The second-order valence-electron chi connectivity index (χ2n) is 12.3. The summed E-state index contributed by atoms with van der Waals surface area (Å²) in [6.07, 6.45) is 5.63. The summed E-state index contributed by atoms with van der Waals surface area (Å²) in [7, 11) is 0. The molecule has 4 aromatic carbocycles. The molecule has 0 spiro atoms. The SMILES string of the molecule is Cc1cc(/C=C/C(=O)N2CCN(Cc3ccc(CCOc4ccc(F)cc4)cc3)CC2)cc(Cl)c1Oc1ccc(OCc2ccccc2F)cn1.Cl. The molecule has 1 fully saturated rings. The molecule has 1 aromatic heterocycles. The number of aromatic nitrogens is 1. The van der Waals surface area contributed by atoms with Gasteiger partial charge in [-0.05, 0) is 83.8 Å². The Hall–Kier alpha value is -4.96. The number of piperazine rings is 1. The number of carbonyl (C=O) groups excluding carboxylic acids is 1. The van der Waals surface area contributed by atoms with Crippen molar-refractivity contribution in [3.05, 3.63) is 154 Å². The summed E-state index contributed by atoms with van der Waals surface area (Å²) in [4.78, 5) is 21.5. The van der Waals surface area contributed by atoms with Gasteiger partial charge in [-0.25, -0.2) is 13.8 Å². The van der Waals surface area contributed by atoms with Crippen molar-refractivity contribution in [2.24, 2.45) is 0 Å². The number of rotatable bonds is 13. The van der Waals surface area contributed by atoms with Crippen LogP contribution in [0.3, 0.4) is 0 Å². The summed E-state index contributed by atoms with van der Waals surface area (Å²) in [5, 5.41) is 0.392. The van der Waals surface area contributed by atoms with E-state index in [4.69, 9.17) is 25.8 Å². The van der Waals surface area contributed by atoms with Gasteiger partial charge in [0.2, 0.25) is 11.8 Å². The first-order valence-corrected chi connectivity index (χ1v) is 17.1. The molecule has 0 unspecified atom stereocenters. The third-order valence-electron chi connectivity index (χ3n) is 8.52.